The molecule has 0 spiro atoms. The van der Waals surface area contributed by atoms with Gasteiger partial charge >= 0.3 is 12.4 Å². The Hall–Kier alpha value is -6.28. The topological polar surface area (TPSA) is 9.86 Å². The quantitative estimate of drug-likeness (QED) is 0.162. The minimum atomic E-state index is -5.25. The third-order valence-electron chi connectivity index (χ3n) is 9.75. The van der Waals surface area contributed by atoms with Crippen molar-refractivity contribution >= 4 is 43.6 Å². The number of alkyl halides is 6. The van der Waals surface area contributed by atoms with Crippen LogP contribution in [0.5, 0.6) is 0 Å². The molecule has 52 heavy (non-hydrogen) atoms. The monoisotopic (exact) mass is 696 g/mol. The molecule has 0 atom stereocenters. The molecule has 0 amide bonds. The van der Waals surface area contributed by atoms with Crippen LogP contribution in [-0.4, -0.2) is 9.13 Å². The average molecular weight is 697 g/mol. The summed E-state index contributed by atoms with van der Waals surface area (Å²) in [6, 6.07) is 43.4. The Morgan fingerprint density at radius 2 is 0.577 bits per heavy atom. The number of benzene rings is 7. The van der Waals surface area contributed by atoms with Crippen molar-refractivity contribution in [3.05, 3.63) is 169 Å². The van der Waals surface area contributed by atoms with Crippen LogP contribution in [0.3, 0.4) is 0 Å². The number of hydrogen-bond donors (Lipinski definition) is 0. The van der Waals surface area contributed by atoms with Crippen LogP contribution in [0.15, 0.2) is 158 Å². The van der Waals surface area contributed by atoms with Gasteiger partial charge in [-0.3, -0.25) is 0 Å². The van der Waals surface area contributed by atoms with Gasteiger partial charge in [-0.2, -0.15) is 26.3 Å². The molecule has 2 aromatic heterocycles. The van der Waals surface area contributed by atoms with Gasteiger partial charge in [-0.1, -0.05) is 133 Å². The summed E-state index contributed by atoms with van der Waals surface area (Å²) in [5.41, 5.74) is -3.01. The van der Waals surface area contributed by atoms with Gasteiger partial charge in [0.1, 0.15) is 0 Å². The summed E-state index contributed by atoms with van der Waals surface area (Å²) in [5, 5.41) is 2.47. The first-order valence-electron chi connectivity index (χ1n) is 16.6. The van der Waals surface area contributed by atoms with Crippen molar-refractivity contribution in [1.29, 1.82) is 0 Å². The van der Waals surface area contributed by atoms with E-state index in [9.17, 15) is 0 Å². The molecule has 8 heteroatoms. The van der Waals surface area contributed by atoms with Gasteiger partial charge < -0.3 is 9.13 Å². The summed E-state index contributed by atoms with van der Waals surface area (Å²) >= 11 is 0. The van der Waals surface area contributed by atoms with Crippen LogP contribution in [0.2, 0.25) is 0 Å². The molecule has 0 saturated heterocycles. The van der Waals surface area contributed by atoms with Gasteiger partial charge in [0.2, 0.25) is 0 Å². The number of aromatic nitrogens is 2. The predicted molar refractivity (Wildman–Crippen MR) is 196 cm³/mol. The number of nitrogens with zero attached hydrogens (tertiary/aromatic N) is 2. The van der Waals surface area contributed by atoms with Crippen molar-refractivity contribution in [3.8, 4) is 33.6 Å². The first-order chi connectivity index (χ1) is 25.1. The average Bonchev–Trinajstić information content (AvgIpc) is 3.66. The summed E-state index contributed by atoms with van der Waals surface area (Å²) < 4.78 is 101. The molecule has 9 aromatic rings. The van der Waals surface area contributed by atoms with Crippen LogP contribution < -0.4 is 0 Å². The zero-order chi connectivity index (χ0) is 35.8. The second kappa shape index (κ2) is 11.6. The van der Waals surface area contributed by atoms with E-state index in [1.165, 1.54) is 24.3 Å². The van der Waals surface area contributed by atoms with Gasteiger partial charge in [-0.25, -0.2) is 0 Å². The predicted octanol–water partition coefficient (Wildman–Crippen LogP) is 13.3. The highest BCUT2D eigenvalue weighted by molar-refractivity contribution is 6.13. The number of halogens is 6. The lowest BCUT2D eigenvalue weighted by Gasteiger charge is -2.31. The second-order valence-corrected chi connectivity index (χ2v) is 12.7. The van der Waals surface area contributed by atoms with Crippen LogP contribution in [0.4, 0.5) is 26.3 Å². The Labute approximate surface area is 293 Å². The van der Waals surface area contributed by atoms with Crippen molar-refractivity contribution in [1.82, 2.24) is 9.13 Å². The Bertz CT molecular complexity index is 2620. The molecule has 0 radical (unpaired) electrons. The molecule has 0 aliphatic carbocycles. The van der Waals surface area contributed by atoms with E-state index in [0.717, 1.165) is 4.57 Å². The number of para-hydroxylation sites is 4. The molecule has 2 heterocycles. The standard InChI is InChI=1S/C44H26F6N2/c45-43(46,47)39-37(27-15-3-1-4-16-27)41(51-33-23-11-7-19-29(33)30-20-8-12-24-34(30)51)38(28-17-5-2-6-18-28)40(44(48,49)50)42(39)52-35-25-13-9-21-31(35)32-22-10-14-26-36(32)52/h1-26H. The number of rotatable bonds is 4. The normalized spacial score (nSPS) is 12.4. The highest BCUT2D eigenvalue weighted by atomic mass is 19.4. The molecule has 7 aromatic carbocycles. The fraction of sp³-hybridized carbons (Fsp3) is 0.0455. The SMILES string of the molecule is FC(F)(F)c1c(-c2ccccc2)c(-n2c3ccccc3c3ccccc32)c(-c2ccccc2)c(C(F)(F)F)c1-n1c2ccccc2c2ccccc21. The van der Waals surface area contributed by atoms with E-state index in [1.807, 2.05) is 24.3 Å². The van der Waals surface area contributed by atoms with Gasteiger partial charge in [-0.05, 0) is 35.4 Å². The second-order valence-electron chi connectivity index (χ2n) is 12.7. The van der Waals surface area contributed by atoms with Gasteiger partial charge in [0.05, 0.1) is 44.6 Å². The zero-order valence-electron chi connectivity index (χ0n) is 27.2. The highest BCUT2D eigenvalue weighted by Crippen LogP contribution is 2.56. The third kappa shape index (κ3) is 4.74. The lowest BCUT2D eigenvalue weighted by molar-refractivity contribution is -0.142. The molecule has 2 nitrogen and oxygen atoms in total. The van der Waals surface area contributed by atoms with Gasteiger partial charge in [-0.15, -0.1) is 0 Å². The fourth-order valence-corrected chi connectivity index (χ4v) is 7.82. The first-order valence-corrected chi connectivity index (χ1v) is 16.6. The minimum Gasteiger partial charge on any atom is -0.308 e. The van der Waals surface area contributed by atoms with Crippen LogP contribution in [-0.2, 0) is 12.4 Å². The van der Waals surface area contributed by atoms with E-state index in [2.05, 4.69) is 0 Å². The molecular weight excluding hydrogens is 670 g/mol. The molecule has 9 rings (SSSR count). The minimum absolute atomic E-state index is 0.125. The lowest BCUT2D eigenvalue weighted by atomic mass is 9.85. The van der Waals surface area contributed by atoms with Crippen molar-refractivity contribution in [2.24, 2.45) is 0 Å². The smallest absolute Gasteiger partial charge is 0.308 e. The molecule has 0 aliphatic heterocycles. The maximum Gasteiger partial charge on any atom is 0.419 e. The molecule has 0 saturated carbocycles. The van der Waals surface area contributed by atoms with Crippen LogP contribution in [0.25, 0.3) is 77.2 Å². The number of fused-ring (bicyclic) bond motifs is 6. The Kier molecular flexibility index (Phi) is 7.09. The molecule has 0 bridgehead atoms. The van der Waals surface area contributed by atoms with Crippen molar-refractivity contribution < 1.29 is 26.3 Å². The summed E-state index contributed by atoms with van der Waals surface area (Å²) in [7, 11) is 0. The maximum atomic E-state index is 16.3. The fourth-order valence-electron chi connectivity index (χ4n) is 7.82. The Morgan fingerprint density at radius 1 is 0.308 bits per heavy atom. The van der Waals surface area contributed by atoms with Crippen LogP contribution in [0.1, 0.15) is 11.1 Å². The van der Waals surface area contributed by atoms with E-state index in [-0.39, 0.29) is 39.0 Å². The molecule has 0 unspecified atom stereocenters. The van der Waals surface area contributed by atoms with Gasteiger partial charge in [0, 0.05) is 32.7 Å². The van der Waals surface area contributed by atoms with Gasteiger partial charge in [0.25, 0.3) is 0 Å². The lowest BCUT2D eigenvalue weighted by Crippen LogP contribution is -2.23. The summed E-state index contributed by atoms with van der Waals surface area (Å²) in [6.45, 7) is 0. The largest absolute Gasteiger partial charge is 0.419 e. The summed E-state index contributed by atoms with van der Waals surface area (Å²) in [6.07, 6.45) is -10.5. The molecular formula is C44H26F6N2. The van der Waals surface area contributed by atoms with E-state index in [1.54, 1.807) is 114 Å². The highest BCUT2D eigenvalue weighted by Gasteiger charge is 2.48. The van der Waals surface area contributed by atoms with E-state index in [0.29, 0.717) is 32.6 Å². The van der Waals surface area contributed by atoms with Crippen molar-refractivity contribution in [2.75, 3.05) is 0 Å². The first kappa shape index (κ1) is 31.7. The number of hydrogen-bond acceptors (Lipinski definition) is 0. The Balaban J connectivity index is 1.66. The summed E-state index contributed by atoms with van der Waals surface area (Å²) in [5.74, 6) is 0. The molecule has 0 aliphatic rings. The van der Waals surface area contributed by atoms with E-state index < -0.39 is 29.2 Å². The van der Waals surface area contributed by atoms with Crippen LogP contribution in [0, 0.1) is 0 Å². The summed E-state index contributed by atoms with van der Waals surface area (Å²) in [4.78, 5) is 0. The molecule has 0 N–H and O–H groups in total. The zero-order valence-corrected chi connectivity index (χ0v) is 27.2. The van der Waals surface area contributed by atoms with E-state index >= 15 is 26.3 Å². The third-order valence-corrected chi connectivity index (χ3v) is 9.75. The molecule has 0 fully saturated rings. The van der Waals surface area contributed by atoms with Gasteiger partial charge in [0.15, 0.2) is 0 Å². The van der Waals surface area contributed by atoms with Crippen molar-refractivity contribution in [3.63, 3.8) is 0 Å². The molecule has 254 valence electrons. The van der Waals surface area contributed by atoms with Crippen LogP contribution >= 0.6 is 0 Å². The van der Waals surface area contributed by atoms with E-state index in [4.69, 9.17) is 0 Å². The Morgan fingerprint density at radius 3 is 0.885 bits per heavy atom. The maximum absolute atomic E-state index is 16.3. The van der Waals surface area contributed by atoms with Crippen molar-refractivity contribution in [2.45, 2.75) is 12.4 Å².